The number of methoxy groups -OCH3 is 1. The number of ether oxygens (including phenoxy) is 1. The van der Waals surface area contributed by atoms with Gasteiger partial charge in [-0.25, -0.2) is 0 Å². The van der Waals surface area contributed by atoms with Gasteiger partial charge in [0.2, 0.25) is 5.91 Å². The van der Waals surface area contributed by atoms with Crippen molar-refractivity contribution < 1.29 is 18.7 Å². The maximum absolute atomic E-state index is 12.8. The highest BCUT2D eigenvalue weighted by atomic mass is 16.5. The highest BCUT2D eigenvalue weighted by molar-refractivity contribution is 5.95. The summed E-state index contributed by atoms with van der Waals surface area (Å²) >= 11 is 0. The molecule has 2 unspecified atom stereocenters. The molecule has 1 saturated heterocycles. The lowest BCUT2D eigenvalue weighted by molar-refractivity contribution is -0.133. The molecule has 1 aromatic heterocycles. The molecule has 0 spiro atoms. The second-order valence-corrected chi connectivity index (χ2v) is 6.14. The van der Waals surface area contributed by atoms with E-state index in [-0.39, 0.29) is 23.6 Å². The average molecular weight is 342 g/mol. The Morgan fingerprint density at radius 2 is 2.16 bits per heavy atom. The molecule has 0 radical (unpaired) electrons. The van der Waals surface area contributed by atoms with Crippen LogP contribution in [0.5, 0.6) is 5.75 Å². The van der Waals surface area contributed by atoms with Gasteiger partial charge in [-0.3, -0.25) is 9.59 Å². The van der Waals surface area contributed by atoms with Gasteiger partial charge in [-0.2, -0.15) is 0 Å². The second kappa shape index (κ2) is 7.42. The van der Waals surface area contributed by atoms with Crippen molar-refractivity contribution in [3.63, 3.8) is 0 Å². The largest absolute Gasteiger partial charge is 0.497 e. The number of likely N-dealkylation sites (tertiary alicyclic amines) is 1. The van der Waals surface area contributed by atoms with E-state index in [1.54, 1.807) is 26.2 Å². The summed E-state index contributed by atoms with van der Waals surface area (Å²) < 4.78 is 10.3. The van der Waals surface area contributed by atoms with Crippen molar-refractivity contribution in [3.05, 3.63) is 54.0 Å². The van der Waals surface area contributed by atoms with Gasteiger partial charge in [0, 0.05) is 6.54 Å². The molecule has 1 N–H and O–H groups in total. The first-order chi connectivity index (χ1) is 12.1. The molecule has 2 aromatic rings. The lowest BCUT2D eigenvalue weighted by Gasteiger charge is -2.28. The van der Waals surface area contributed by atoms with Crippen LogP contribution in [0.15, 0.2) is 47.1 Å². The van der Waals surface area contributed by atoms with E-state index in [0.29, 0.717) is 6.54 Å². The van der Waals surface area contributed by atoms with Crippen LogP contribution in [0.4, 0.5) is 0 Å². The fourth-order valence-corrected chi connectivity index (χ4v) is 3.21. The molecule has 2 amide bonds. The monoisotopic (exact) mass is 342 g/mol. The molecule has 1 aliphatic heterocycles. The highest BCUT2D eigenvalue weighted by Gasteiger charge is 2.33. The fraction of sp³-hybridized carbons (Fsp3) is 0.368. The molecule has 0 saturated carbocycles. The van der Waals surface area contributed by atoms with Crippen molar-refractivity contribution in [2.45, 2.75) is 31.8 Å². The Morgan fingerprint density at radius 3 is 2.88 bits per heavy atom. The van der Waals surface area contributed by atoms with Crippen molar-refractivity contribution in [1.82, 2.24) is 10.2 Å². The summed E-state index contributed by atoms with van der Waals surface area (Å²) in [5.41, 5.74) is 1.05. The summed E-state index contributed by atoms with van der Waals surface area (Å²) in [7, 11) is 1.63. The van der Waals surface area contributed by atoms with Gasteiger partial charge in [-0.1, -0.05) is 12.1 Å². The molecule has 6 nitrogen and oxygen atoms in total. The van der Waals surface area contributed by atoms with Crippen LogP contribution in [0, 0.1) is 0 Å². The van der Waals surface area contributed by atoms with E-state index in [4.69, 9.17) is 9.15 Å². The minimum atomic E-state index is -0.621. The molecule has 132 valence electrons. The highest BCUT2D eigenvalue weighted by Crippen LogP contribution is 2.33. The van der Waals surface area contributed by atoms with Crippen LogP contribution >= 0.6 is 0 Å². The number of carbonyl (C=O) groups excluding carboxylic acids is 2. The quantitative estimate of drug-likeness (QED) is 0.907. The van der Waals surface area contributed by atoms with Crippen LogP contribution in [-0.4, -0.2) is 36.4 Å². The third-order valence-corrected chi connectivity index (χ3v) is 4.48. The molecule has 0 bridgehead atoms. The molecular formula is C19H22N2O4. The number of rotatable bonds is 5. The first-order valence-corrected chi connectivity index (χ1v) is 8.39. The maximum Gasteiger partial charge on any atom is 0.287 e. The Balaban J connectivity index is 1.70. The summed E-state index contributed by atoms with van der Waals surface area (Å²) in [5.74, 6) is 0.495. The number of carbonyl (C=O) groups is 2. The first kappa shape index (κ1) is 17.1. The Labute approximate surface area is 146 Å². The van der Waals surface area contributed by atoms with Crippen molar-refractivity contribution in [2.24, 2.45) is 0 Å². The van der Waals surface area contributed by atoms with Gasteiger partial charge in [0.1, 0.15) is 11.8 Å². The van der Waals surface area contributed by atoms with Gasteiger partial charge < -0.3 is 19.4 Å². The molecule has 25 heavy (non-hydrogen) atoms. The van der Waals surface area contributed by atoms with E-state index in [0.717, 1.165) is 24.2 Å². The Bertz CT molecular complexity index is 742. The van der Waals surface area contributed by atoms with Gasteiger partial charge in [0.15, 0.2) is 5.76 Å². The topological polar surface area (TPSA) is 71.8 Å². The molecule has 0 aliphatic carbocycles. The molecule has 6 heteroatoms. The summed E-state index contributed by atoms with van der Waals surface area (Å²) in [5, 5.41) is 2.70. The van der Waals surface area contributed by atoms with E-state index in [1.165, 1.54) is 6.26 Å². The molecule has 3 rings (SSSR count). The van der Waals surface area contributed by atoms with Crippen molar-refractivity contribution in [1.29, 1.82) is 0 Å². The van der Waals surface area contributed by atoms with Crippen molar-refractivity contribution >= 4 is 11.8 Å². The molecular weight excluding hydrogens is 320 g/mol. The zero-order chi connectivity index (χ0) is 17.8. The zero-order valence-electron chi connectivity index (χ0n) is 14.4. The van der Waals surface area contributed by atoms with Gasteiger partial charge in [0.05, 0.1) is 19.4 Å². The van der Waals surface area contributed by atoms with Crippen LogP contribution in [0.1, 0.15) is 41.9 Å². The lowest BCUT2D eigenvalue weighted by Crippen LogP contribution is -2.46. The van der Waals surface area contributed by atoms with E-state index < -0.39 is 6.04 Å². The normalized spacial score (nSPS) is 18.0. The Morgan fingerprint density at radius 1 is 1.32 bits per heavy atom. The maximum atomic E-state index is 12.8. The Kier molecular flexibility index (Phi) is 5.07. The summed E-state index contributed by atoms with van der Waals surface area (Å²) in [4.78, 5) is 26.8. The number of amides is 2. The van der Waals surface area contributed by atoms with Crippen LogP contribution < -0.4 is 10.1 Å². The lowest BCUT2D eigenvalue weighted by atomic mass is 10.0. The second-order valence-electron chi connectivity index (χ2n) is 6.14. The summed E-state index contributed by atoms with van der Waals surface area (Å²) in [6, 6.07) is 10.4. The molecule has 1 aromatic carbocycles. The minimum absolute atomic E-state index is 0.00515. The number of furan rings is 1. The van der Waals surface area contributed by atoms with E-state index in [1.807, 2.05) is 29.2 Å². The van der Waals surface area contributed by atoms with Gasteiger partial charge >= 0.3 is 0 Å². The average Bonchev–Trinajstić information content (AvgIpc) is 3.32. The third kappa shape index (κ3) is 3.68. The molecule has 1 fully saturated rings. The van der Waals surface area contributed by atoms with E-state index in [2.05, 4.69) is 5.32 Å². The first-order valence-electron chi connectivity index (χ1n) is 8.39. The fourth-order valence-electron chi connectivity index (χ4n) is 3.21. The van der Waals surface area contributed by atoms with Gasteiger partial charge in [-0.15, -0.1) is 0 Å². The van der Waals surface area contributed by atoms with Crippen LogP contribution in [-0.2, 0) is 4.79 Å². The van der Waals surface area contributed by atoms with Crippen LogP contribution in [0.25, 0.3) is 0 Å². The molecule has 2 heterocycles. The van der Waals surface area contributed by atoms with Gasteiger partial charge in [-0.05, 0) is 49.6 Å². The standard InChI is InChI=1S/C19H22N2O4/c1-13(20-18(22)17-9-5-11-25-17)19(23)21-10-4-8-16(21)14-6-3-7-15(12-14)24-2/h3,5-7,9,11-13,16H,4,8,10H2,1-2H3,(H,20,22). The SMILES string of the molecule is COc1cccc(C2CCCN2C(=O)C(C)NC(=O)c2ccco2)c1. The van der Waals surface area contributed by atoms with Gasteiger partial charge in [0.25, 0.3) is 5.91 Å². The predicted octanol–water partition coefficient (Wildman–Crippen LogP) is 2.77. The number of benzene rings is 1. The summed E-state index contributed by atoms with van der Waals surface area (Å²) in [6.07, 6.45) is 3.27. The Hall–Kier alpha value is -2.76. The predicted molar refractivity (Wildman–Crippen MR) is 92.3 cm³/mol. The number of hydrogen-bond acceptors (Lipinski definition) is 4. The number of nitrogens with zero attached hydrogens (tertiary/aromatic N) is 1. The smallest absolute Gasteiger partial charge is 0.287 e. The van der Waals surface area contributed by atoms with Crippen molar-refractivity contribution in [3.8, 4) is 5.75 Å². The third-order valence-electron chi connectivity index (χ3n) is 4.48. The van der Waals surface area contributed by atoms with E-state index >= 15 is 0 Å². The van der Waals surface area contributed by atoms with E-state index in [9.17, 15) is 9.59 Å². The molecule has 1 aliphatic rings. The molecule has 2 atom stereocenters. The summed E-state index contributed by atoms with van der Waals surface area (Å²) in [6.45, 7) is 2.38. The number of nitrogens with one attached hydrogen (secondary N) is 1. The zero-order valence-corrected chi connectivity index (χ0v) is 14.4. The van der Waals surface area contributed by atoms with Crippen molar-refractivity contribution in [2.75, 3.05) is 13.7 Å². The number of hydrogen-bond donors (Lipinski definition) is 1. The van der Waals surface area contributed by atoms with Crippen LogP contribution in [0.2, 0.25) is 0 Å². The van der Waals surface area contributed by atoms with Crippen LogP contribution in [0.3, 0.4) is 0 Å². The minimum Gasteiger partial charge on any atom is -0.497 e.